The Balaban J connectivity index is 2.45. The highest BCUT2D eigenvalue weighted by Gasteiger charge is 2.15. The molecular formula is C13H18FNO2. The molecule has 1 rings (SSSR count). The molecule has 0 fully saturated rings. The number of hydrogen-bond donors (Lipinski definition) is 2. The second-order valence-corrected chi connectivity index (χ2v) is 4.04. The van der Waals surface area contributed by atoms with E-state index in [1.165, 1.54) is 12.1 Å². The number of unbranched alkanes of at least 4 members (excludes halogenated alkanes) is 1. The maximum atomic E-state index is 12.7. The number of carbonyl (C=O) groups is 1. The number of benzene rings is 1. The van der Waals surface area contributed by atoms with Crippen LogP contribution in [0.25, 0.3) is 0 Å². The molecule has 2 N–H and O–H groups in total. The molecule has 1 atom stereocenters. The smallest absolute Gasteiger partial charge is 0.320 e. The molecule has 0 aliphatic rings. The minimum atomic E-state index is -0.833. The molecule has 4 heteroatoms. The van der Waals surface area contributed by atoms with Crippen molar-refractivity contribution in [3.05, 3.63) is 35.6 Å². The third-order valence-electron chi connectivity index (χ3n) is 2.61. The van der Waals surface area contributed by atoms with Gasteiger partial charge in [-0.2, -0.15) is 0 Å². The second kappa shape index (κ2) is 7.01. The second-order valence-electron chi connectivity index (χ2n) is 4.04. The molecule has 0 aromatic heterocycles. The van der Waals surface area contributed by atoms with Gasteiger partial charge in [0.2, 0.25) is 0 Å². The van der Waals surface area contributed by atoms with Crippen LogP contribution in [0.2, 0.25) is 0 Å². The first kappa shape index (κ1) is 13.6. The van der Waals surface area contributed by atoms with Crippen molar-refractivity contribution in [3.63, 3.8) is 0 Å². The monoisotopic (exact) mass is 239 g/mol. The lowest BCUT2D eigenvalue weighted by molar-refractivity contribution is -0.139. The van der Waals surface area contributed by atoms with Gasteiger partial charge in [0.05, 0.1) is 0 Å². The van der Waals surface area contributed by atoms with Gasteiger partial charge in [0.15, 0.2) is 0 Å². The van der Waals surface area contributed by atoms with Gasteiger partial charge in [0.1, 0.15) is 11.9 Å². The minimum Gasteiger partial charge on any atom is -0.480 e. The highest BCUT2D eigenvalue weighted by Crippen LogP contribution is 2.05. The summed E-state index contributed by atoms with van der Waals surface area (Å²) in [5, 5.41) is 12.0. The first-order valence-corrected chi connectivity index (χ1v) is 5.84. The summed E-state index contributed by atoms with van der Waals surface area (Å²) in [5.41, 5.74) is 0.883. The van der Waals surface area contributed by atoms with Gasteiger partial charge in [0.25, 0.3) is 0 Å². The highest BCUT2D eigenvalue weighted by atomic mass is 19.1. The van der Waals surface area contributed by atoms with Crippen LogP contribution >= 0.6 is 0 Å². The van der Waals surface area contributed by atoms with Crippen LogP contribution in [-0.2, 0) is 11.3 Å². The Morgan fingerprint density at radius 2 is 2.06 bits per heavy atom. The van der Waals surface area contributed by atoms with Crippen molar-refractivity contribution < 1.29 is 14.3 Å². The van der Waals surface area contributed by atoms with E-state index in [2.05, 4.69) is 5.32 Å². The Labute approximate surface area is 101 Å². The third kappa shape index (κ3) is 4.95. The van der Waals surface area contributed by atoms with Gasteiger partial charge in [-0.3, -0.25) is 4.79 Å². The number of aliphatic carboxylic acids is 1. The fourth-order valence-electron chi connectivity index (χ4n) is 1.56. The number of hydrogen-bond acceptors (Lipinski definition) is 2. The summed E-state index contributed by atoms with van der Waals surface area (Å²) in [6, 6.07) is 5.53. The number of nitrogens with one attached hydrogen (secondary N) is 1. The lowest BCUT2D eigenvalue weighted by Crippen LogP contribution is -2.36. The summed E-state index contributed by atoms with van der Waals surface area (Å²) >= 11 is 0. The topological polar surface area (TPSA) is 49.3 Å². The van der Waals surface area contributed by atoms with E-state index in [1.807, 2.05) is 6.92 Å². The lowest BCUT2D eigenvalue weighted by atomic mass is 10.1. The predicted molar refractivity (Wildman–Crippen MR) is 64.2 cm³/mol. The van der Waals surface area contributed by atoms with Crippen molar-refractivity contribution >= 4 is 5.97 Å². The summed E-state index contributed by atoms with van der Waals surface area (Å²) in [5.74, 6) is -1.12. The van der Waals surface area contributed by atoms with Gasteiger partial charge in [-0.1, -0.05) is 31.9 Å². The lowest BCUT2D eigenvalue weighted by Gasteiger charge is -2.13. The van der Waals surface area contributed by atoms with Gasteiger partial charge in [-0.25, -0.2) is 4.39 Å². The minimum absolute atomic E-state index is 0.283. The fourth-order valence-corrected chi connectivity index (χ4v) is 1.56. The molecular weight excluding hydrogens is 221 g/mol. The Morgan fingerprint density at radius 1 is 1.41 bits per heavy atom. The Kier molecular flexibility index (Phi) is 5.63. The molecule has 3 nitrogen and oxygen atoms in total. The van der Waals surface area contributed by atoms with E-state index in [0.717, 1.165) is 18.4 Å². The maximum absolute atomic E-state index is 12.7. The maximum Gasteiger partial charge on any atom is 0.320 e. The molecule has 0 saturated carbocycles. The first-order chi connectivity index (χ1) is 8.13. The quantitative estimate of drug-likeness (QED) is 0.768. The van der Waals surface area contributed by atoms with Crippen molar-refractivity contribution in [2.45, 2.75) is 38.8 Å². The molecule has 0 amide bonds. The average molecular weight is 239 g/mol. The van der Waals surface area contributed by atoms with Crippen molar-refractivity contribution in [1.82, 2.24) is 5.32 Å². The molecule has 17 heavy (non-hydrogen) atoms. The van der Waals surface area contributed by atoms with Crippen molar-refractivity contribution in [3.8, 4) is 0 Å². The summed E-state index contributed by atoms with van der Waals surface area (Å²) in [4.78, 5) is 11.0. The molecule has 94 valence electrons. The van der Waals surface area contributed by atoms with E-state index in [4.69, 9.17) is 5.11 Å². The Morgan fingerprint density at radius 3 is 2.59 bits per heavy atom. The van der Waals surface area contributed by atoms with Crippen LogP contribution in [0.1, 0.15) is 31.7 Å². The zero-order valence-electron chi connectivity index (χ0n) is 9.95. The van der Waals surface area contributed by atoms with E-state index in [9.17, 15) is 9.18 Å². The van der Waals surface area contributed by atoms with Gasteiger partial charge in [-0.15, -0.1) is 0 Å². The van der Waals surface area contributed by atoms with Crippen molar-refractivity contribution in [2.24, 2.45) is 0 Å². The molecule has 1 unspecified atom stereocenters. The van der Waals surface area contributed by atoms with Gasteiger partial charge in [-0.05, 0) is 24.1 Å². The summed E-state index contributed by atoms with van der Waals surface area (Å²) < 4.78 is 12.7. The van der Waals surface area contributed by atoms with Crippen molar-refractivity contribution in [1.29, 1.82) is 0 Å². The molecule has 0 heterocycles. The molecule has 0 bridgehead atoms. The van der Waals surface area contributed by atoms with E-state index in [1.54, 1.807) is 12.1 Å². The van der Waals surface area contributed by atoms with E-state index < -0.39 is 12.0 Å². The molecule has 1 aromatic carbocycles. The molecule has 0 aliphatic heterocycles. The highest BCUT2D eigenvalue weighted by molar-refractivity contribution is 5.73. The summed E-state index contributed by atoms with van der Waals surface area (Å²) in [7, 11) is 0. The summed E-state index contributed by atoms with van der Waals surface area (Å²) in [6.07, 6.45) is 2.47. The van der Waals surface area contributed by atoms with E-state index >= 15 is 0 Å². The first-order valence-electron chi connectivity index (χ1n) is 5.84. The number of carboxylic acids is 1. The predicted octanol–water partition coefficient (Wildman–Crippen LogP) is 2.56. The van der Waals surface area contributed by atoms with Crippen LogP contribution in [0, 0.1) is 5.82 Å². The van der Waals surface area contributed by atoms with E-state index in [-0.39, 0.29) is 5.82 Å². The number of halogens is 1. The molecule has 1 aromatic rings. The van der Waals surface area contributed by atoms with Crippen molar-refractivity contribution in [2.75, 3.05) is 0 Å². The Hall–Kier alpha value is -1.42. The third-order valence-corrected chi connectivity index (χ3v) is 2.61. The van der Waals surface area contributed by atoms with Gasteiger partial charge in [0, 0.05) is 6.54 Å². The van der Waals surface area contributed by atoms with Gasteiger partial charge >= 0.3 is 5.97 Å². The Bertz CT molecular complexity index is 351. The molecule has 0 radical (unpaired) electrons. The zero-order chi connectivity index (χ0) is 12.7. The van der Waals surface area contributed by atoms with Crippen LogP contribution in [0.4, 0.5) is 4.39 Å². The molecule has 0 saturated heterocycles. The van der Waals surface area contributed by atoms with Gasteiger partial charge < -0.3 is 10.4 Å². The standard InChI is InChI=1S/C13H18FNO2/c1-2-3-4-12(13(16)17)15-9-10-5-7-11(14)8-6-10/h5-8,12,15H,2-4,9H2,1H3,(H,16,17). The number of carboxylic acid groups (broad SMARTS) is 1. The van der Waals surface area contributed by atoms with Crippen LogP contribution in [0.15, 0.2) is 24.3 Å². The molecule has 0 spiro atoms. The molecule has 0 aliphatic carbocycles. The van der Waals surface area contributed by atoms with E-state index in [0.29, 0.717) is 13.0 Å². The fraction of sp³-hybridized carbons (Fsp3) is 0.462. The number of rotatable bonds is 7. The van der Waals surface area contributed by atoms with Crippen LogP contribution < -0.4 is 5.32 Å². The van der Waals surface area contributed by atoms with Crippen LogP contribution in [-0.4, -0.2) is 17.1 Å². The zero-order valence-corrected chi connectivity index (χ0v) is 9.95. The SMILES string of the molecule is CCCCC(NCc1ccc(F)cc1)C(=O)O. The summed E-state index contributed by atoms with van der Waals surface area (Å²) in [6.45, 7) is 2.47. The van der Waals surface area contributed by atoms with Crippen LogP contribution in [0.5, 0.6) is 0 Å². The largest absolute Gasteiger partial charge is 0.480 e. The normalized spacial score (nSPS) is 12.4. The van der Waals surface area contributed by atoms with Crippen LogP contribution in [0.3, 0.4) is 0 Å². The average Bonchev–Trinajstić information content (AvgIpc) is 2.31.